The lowest BCUT2D eigenvalue weighted by Gasteiger charge is -2.02. The number of thiazole rings is 1. The Bertz CT molecular complexity index is 620. The summed E-state index contributed by atoms with van der Waals surface area (Å²) >= 11 is 0.989. The lowest BCUT2D eigenvalue weighted by atomic mass is 10.3. The zero-order valence-electron chi connectivity index (χ0n) is 10.7. The highest BCUT2D eigenvalue weighted by atomic mass is 32.1. The van der Waals surface area contributed by atoms with Crippen molar-refractivity contribution in [2.75, 3.05) is 12.4 Å². The molecule has 2 heterocycles. The standard InChI is InChI=1S/C12H11N3O4S/c1-6(16)10-9(11(17)18)15-12(20-10)14-7-3-4-8(19-2)13-5-7/h3-5H,1-2H3,(H,14,15)(H,17,18). The van der Waals surface area contributed by atoms with E-state index in [4.69, 9.17) is 9.84 Å². The van der Waals surface area contributed by atoms with E-state index >= 15 is 0 Å². The number of methoxy groups -OCH3 is 1. The molecule has 0 saturated heterocycles. The number of nitrogens with zero attached hydrogens (tertiary/aromatic N) is 2. The van der Waals surface area contributed by atoms with Crippen LogP contribution in [0.1, 0.15) is 27.1 Å². The van der Waals surface area contributed by atoms with Gasteiger partial charge in [-0.25, -0.2) is 14.8 Å². The predicted octanol–water partition coefficient (Wildman–Crippen LogP) is 2.19. The van der Waals surface area contributed by atoms with Gasteiger partial charge in [-0.3, -0.25) is 4.79 Å². The maximum atomic E-state index is 11.4. The number of ether oxygens (including phenoxy) is 1. The molecule has 2 aromatic heterocycles. The number of rotatable bonds is 5. The van der Waals surface area contributed by atoms with E-state index in [9.17, 15) is 9.59 Å². The molecule has 0 saturated carbocycles. The molecule has 0 bridgehead atoms. The van der Waals surface area contributed by atoms with E-state index in [1.165, 1.54) is 20.2 Å². The summed E-state index contributed by atoms with van der Waals surface area (Å²) in [6.07, 6.45) is 1.52. The van der Waals surface area contributed by atoms with Gasteiger partial charge in [0.2, 0.25) is 5.88 Å². The number of carboxylic acid groups (broad SMARTS) is 1. The lowest BCUT2D eigenvalue weighted by Crippen LogP contribution is -2.03. The Morgan fingerprint density at radius 2 is 2.15 bits per heavy atom. The Balaban J connectivity index is 2.26. The molecule has 20 heavy (non-hydrogen) atoms. The number of aromatic nitrogens is 2. The van der Waals surface area contributed by atoms with Crippen molar-refractivity contribution in [2.45, 2.75) is 6.92 Å². The summed E-state index contributed by atoms with van der Waals surface area (Å²) in [7, 11) is 1.51. The Morgan fingerprint density at radius 1 is 1.40 bits per heavy atom. The van der Waals surface area contributed by atoms with E-state index < -0.39 is 5.97 Å². The van der Waals surface area contributed by atoms with Gasteiger partial charge in [0.1, 0.15) is 4.88 Å². The van der Waals surface area contributed by atoms with Gasteiger partial charge in [-0.2, -0.15) is 0 Å². The highest BCUT2D eigenvalue weighted by Crippen LogP contribution is 2.26. The number of carboxylic acids is 1. The number of ketones is 1. The largest absolute Gasteiger partial charge is 0.481 e. The van der Waals surface area contributed by atoms with Crippen LogP contribution in [0.2, 0.25) is 0 Å². The summed E-state index contributed by atoms with van der Waals surface area (Å²) < 4.78 is 4.93. The molecule has 7 nitrogen and oxygen atoms in total. The van der Waals surface area contributed by atoms with Crippen molar-refractivity contribution in [3.8, 4) is 5.88 Å². The topological polar surface area (TPSA) is 101 Å². The molecular weight excluding hydrogens is 282 g/mol. The van der Waals surface area contributed by atoms with Gasteiger partial charge in [-0.15, -0.1) is 0 Å². The van der Waals surface area contributed by atoms with Crippen LogP contribution < -0.4 is 10.1 Å². The van der Waals surface area contributed by atoms with Gasteiger partial charge in [0.15, 0.2) is 16.6 Å². The molecule has 2 N–H and O–H groups in total. The zero-order valence-corrected chi connectivity index (χ0v) is 11.5. The first kappa shape index (κ1) is 13.9. The maximum absolute atomic E-state index is 11.4. The van der Waals surface area contributed by atoms with Crippen LogP contribution in [0.3, 0.4) is 0 Å². The molecule has 0 amide bonds. The molecular formula is C12H11N3O4S. The van der Waals surface area contributed by atoms with Crippen LogP contribution in [-0.2, 0) is 0 Å². The van der Waals surface area contributed by atoms with Crippen LogP contribution in [0.15, 0.2) is 18.3 Å². The molecule has 0 aliphatic heterocycles. The number of carbonyl (C=O) groups is 2. The predicted molar refractivity (Wildman–Crippen MR) is 73.1 cm³/mol. The summed E-state index contributed by atoms with van der Waals surface area (Å²) in [4.78, 5) is 30.4. The molecule has 0 atom stereocenters. The fraction of sp³-hybridized carbons (Fsp3) is 0.167. The minimum Gasteiger partial charge on any atom is -0.481 e. The van der Waals surface area contributed by atoms with Gasteiger partial charge in [0.05, 0.1) is 19.0 Å². The normalized spacial score (nSPS) is 10.1. The van der Waals surface area contributed by atoms with E-state index in [1.54, 1.807) is 12.1 Å². The molecule has 0 aliphatic rings. The molecule has 0 radical (unpaired) electrons. The Kier molecular flexibility index (Phi) is 3.94. The van der Waals surface area contributed by atoms with Crippen molar-refractivity contribution in [1.82, 2.24) is 9.97 Å². The smallest absolute Gasteiger partial charge is 0.356 e. The highest BCUT2D eigenvalue weighted by molar-refractivity contribution is 7.17. The molecule has 2 rings (SSSR count). The van der Waals surface area contributed by atoms with Gasteiger partial charge in [-0.1, -0.05) is 11.3 Å². The van der Waals surface area contributed by atoms with Gasteiger partial charge < -0.3 is 15.2 Å². The van der Waals surface area contributed by atoms with E-state index in [1.807, 2.05) is 0 Å². The minimum absolute atomic E-state index is 0.112. The van der Waals surface area contributed by atoms with Crippen LogP contribution >= 0.6 is 11.3 Å². The van der Waals surface area contributed by atoms with Crippen molar-refractivity contribution < 1.29 is 19.4 Å². The van der Waals surface area contributed by atoms with Gasteiger partial charge in [0, 0.05) is 13.0 Å². The maximum Gasteiger partial charge on any atom is 0.356 e. The van der Waals surface area contributed by atoms with Crippen LogP contribution in [-0.4, -0.2) is 33.9 Å². The van der Waals surface area contributed by atoms with E-state index in [2.05, 4.69) is 15.3 Å². The summed E-state index contributed by atoms with van der Waals surface area (Å²) in [5.74, 6) is -1.10. The van der Waals surface area contributed by atoms with Crippen LogP contribution in [0.5, 0.6) is 5.88 Å². The fourth-order valence-electron chi connectivity index (χ4n) is 1.46. The second-order valence-electron chi connectivity index (χ2n) is 3.77. The number of hydrogen-bond donors (Lipinski definition) is 2. The monoisotopic (exact) mass is 293 g/mol. The van der Waals surface area contributed by atoms with E-state index in [-0.39, 0.29) is 16.4 Å². The Labute approximate surface area is 118 Å². The quantitative estimate of drug-likeness (QED) is 0.815. The highest BCUT2D eigenvalue weighted by Gasteiger charge is 2.20. The molecule has 8 heteroatoms. The Hall–Kier alpha value is -2.48. The van der Waals surface area contributed by atoms with Crippen molar-refractivity contribution in [1.29, 1.82) is 0 Å². The summed E-state index contributed by atoms with van der Waals surface area (Å²) in [5.41, 5.74) is 0.373. The summed E-state index contributed by atoms with van der Waals surface area (Å²) in [5, 5.41) is 12.2. The zero-order chi connectivity index (χ0) is 14.7. The first-order chi connectivity index (χ1) is 9.51. The number of hydrogen-bond acceptors (Lipinski definition) is 7. The minimum atomic E-state index is -1.23. The molecule has 0 spiro atoms. The number of anilines is 2. The third-order valence-electron chi connectivity index (χ3n) is 2.35. The average molecular weight is 293 g/mol. The fourth-order valence-corrected chi connectivity index (χ4v) is 2.33. The Morgan fingerprint density at radius 3 is 2.60 bits per heavy atom. The van der Waals surface area contributed by atoms with Crippen LogP contribution in [0.4, 0.5) is 10.8 Å². The molecule has 0 fully saturated rings. The third-order valence-corrected chi connectivity index (χ3v) is 3.42. The van der Waals surface area contributed by atoms with Gasteiger partial charge in [-0.05, 0) is 6.07 Å². The second kappa shape index (κ2) is 5.66. The van der Waals surface area contributed by atoms with Crippen molar-refractivity contribution >= 4 is 33.9 Å². The molecule has 0 unspecified atom stereocenters. The molecule has 0 aliphatic carbocycles. The van der Waals surface area contributed by atoms with Crippen LogP contribution in [0, 0.1) is 0 Å². The van der Waals surface area contributed by atoms with Gasteiger partial charge >= 0.3 is 5.97 Å². The van der Waals surface area contributed by atoms with Crippen molar-refractivity contribution in [3.05, 3.63) is 28.9 Å². The first-order valence-corrected chi connectivity index (χ1v) is 6.35. The summed E-state index contributed by atoms with van der Waals surface area (Å²) in [6.45, 7) is 1.30. The van der Waals surface area contributed by atoms with E-state index in [0.717, 1.165) is 11.3 Å². The third kappa shape index (κ3) is 2.91. The average Bonchev–Trinajstić information content (AvgIpc) is 2.84. The number of pyridine rings is 1. The van der Waals surface area contributed by atoms with Crippen LogP contribution in [0.25, 0.3) is 0 Å². The molecule has 2 aromatic rings. The molecule has 104 valence electrons. The number of Topliss-reactive ketones (excluding diaryl/α,β-unsaturated/α-hetero) is 1. The lowest BCUT2D eigenvalue weighted by molar-refractivity contribution is 0.0687. The first-order valence-electron chi connectivity index (χ1n) is 5.53. The number of carbonyl (C=O) groups excluding carboxylic acids is 1. The van der Waals surface area contributed by atoms with E-state index in [0.29, 0.717) is 16.7 Å². The van der Waals surface area contributed by atoms with Crippen molar-refractivity contribution in [3.63, 3.8) is 0 Å². The SMILES string of the molecule is COc1ccc(Nc2nc(C(=O)O)c(C(C)=O)s2)cn1. The number of nitrogens with one attached hydrogen (secondary N) is 1. The number of aromatic carboxylic acids is 1. The van der Waals surface area contributed by atoms with Gasteiger partial charge in [0.25, 0.3) is 0 Å². The van der Waals surface area contributed by atoms with Crippen molar-refractivity contribution in [2.24, 2.45) is 0 Å². The molecule has 0 aromatic carbocycles. The summed E-state index contributed by atoms with van der Waals surface area (Å²) in [6, 6.07) is 3.36. The second-order valence-corrected chi connectivity index (χ2v) is 4.77.